The van der Waals surface area contributed by atoms with Crippen molar-refractivity contribution >= 4 is 15.7 Å². The van der Waals surface area contributed by atoms with Crippen molar-refractivity contribution in [1.29, 1.82) is 5.26 Å². The molecule has 0 saturated heterocycles. The highest BCUT2D eigenvalue weighted by molar-refractivity contribution is 7.89. The lowest BCUT2D eigenvalue weighted by molar-refractivity contribution is 0.584. The van der Waals surface area contributed by atoms with Crippen LogP contribution in [0.1, 0.15) is 12.6 Å². The zero-order valence-electron chi connectivity index (χ0n) is 9.47. The zero-order chi connectivity index (χ0) is 12.7. The summed E-state index contributed by atoms with van der Waals surface area (Å²) in [7, 11) is -3.20. The van der Waals surface area contributed by atoms with Crippen LogP contribution in [0.2, 0.25) is 0 Å². The molecule has 0 amide bonds. The largest absolute Gasteiger partial charge is 0.383 e. The normalized spacial score (nSPS) is 10.8. The van der Waals surface area contributed by atoms with Gasteiger partial charge in [0.2, 0.25) is 10.0 Å². The first kappa shape index (κ1) is 13.4. The third kappa shape index (κ3) is 4.80. The molecule has 7 heteroatoms. The van der Waals surface area contributed by atoms with E-state index in [9.17, 15) is 8.42 Å². The Hall–Kier alpha value is -1.65. The lowest BCUT2D eigenvalue weighted by Crippen LogP contribution is -2.29. The molecule has 0 unspecified atom stereocenters. The van der Waals surface area contributed by atoms with Crippen molar-refractivity contribution in [1.82, 2.24) is 9.71 Å². The number of nitrogens with one attached hydrogen (secondary N) is 2. The SMILES string of the molecule is CCNS(=O)(=O)CCNc1ccc(C#N)nc1. The average Bonchev–Trinajstić information content (AvgIpc) is 2.29. The number of sulfonamides is 1. The Labute approximate surface area is 101 Å². The van der Waals surface area contributed by atoms with Gasteiger partial charge >= 0.3 is 0 Å². The first-order chi connectivity index (χ1) is 8.07. The molecule has 0 bridgehead atoms. The molecule has 0 aliphatic heterocycles. The van der Waals surface area contributed by atoms with E-state index in [1.165, 1.54) is 6.20 Å². The van der Waals surface area contributed by atoms with E-state index in [0.29, 0.717) is 24.5 Å². The summed E-state index contributed by atoms with van der Waals surface area (Å²) in [6.07, 6.45) is 1.50. The number of pyridine rings is 1. The van der Waals surface area contributed by atoms with Crippen molar-refractivity contribution < 1.29 is 8.42 Å². The third-order valence-electron chi connectivity index (χ3n) is 1.94. The van der Waals surface area contributed by atoms with Crippen LogP contribution in [-0.2, 0) is 10.0 Å². The minimum atomic E-state index is -3.20. The highest BCUT2D eigenvalue weighted by atomic mass is 32.2. The van der Waals surface area contributed by atoms with Gasteiger partial charge in [-0.15, -0.1) is 0 Å². The molecule has 0 aliphatic rings. The quantitative estimate of drug-likeness (QED) is 0.761. The number of aromatic nitrogens is 1. The van der Waals surface area contributed by atoms with Gasteiger partial charge in [-0.25, -0.2) is 18.1 Å². The zero-order valence-corrected chi connectivity index (χ0v) is 10.3. The fraction of sp³-hybridized carbons (Fsp3) is 0.400. The summed E-state index contributed by atoms with van der Waals surface area (Å²) >= 11 is 0. The maximum Gasteiger partial charge on any atom is 0.213 e. The van der Waals surface area contributed by atoms with Crippen LogP contribution in [-0.4, -0.2) is 32.2 Å². The number of hydrogen-bond donors (Lipinski definition) is 2. The minimum Gasteiger partial charge on any atom is -0.383 e. The fourth-order valence-corrected chi connectivity index (χ4v) is 2.14. The van der Waals surface area contributed by atoms with Gasteiger partial charge in [-0.05, 0) is 12.1 Å². The van der Waals surface area contributed by atoms with Crippen LogP contribution in [0, 0.1) is 11.3 Å². The second-order valence-corrected chi connectivity index (χ2v) is 5.21. The highest BCUT2D eigenvalue weighted by Crippen LogP contribution is 2.04. The molecule has 6 nitrogen and oxygen atoms in total. The standard InChI is InChI=1S/C10H14N4O2S/c1-2-14-17(15,16)6-5-12-10-4-3-9(7-11)13-8-10/h3-4,8,12,14H,2,5-6H2,1H3. The van der Waals surface area contributed by atoms with Gasteiger partial charge in [0.25, 0.3) is 0 Å². The maximum atomic E-state index is 11.3. The molecule has 0 spiro atoms. The van der Waals surface area contributed by atoms with Crippen molar-refractivity contribution in [3.63, 3.8) is 0 Å². The molecule has 17 heavy (non-hydrogen) atoms. The predicted octanol–water partition coefficient (Wildman–Crippen LogP) is 0.304. The van der Waals surface area contributed by atoms with Gasteiger partial charge in [0.15, 0.2) is 0 Å². The van der Waals surface area contributed by atoms with E-state index >= 15 is 0 Å². The van der Waals surface area contributed by atoms with Gasteiger partial charge in [0, 0.05) is 13.1 Å². The molecule has 0 radical (unpaired) electrons. The summed E-state index contributed by atoms with van der Waals surface area (Å²) in [5.74, 6) is 0.000835. The molecule has 2 N–H and O–H groups in total. The summed E-state index contributed by atoms with van der Waals surface area (Å²) in [4.78, 5) is 3.86. The Kier molecular flexibility index (Phi) is 4.87. The number of nitriles is 1. The Morgan fingerprint density at radius 1 is 1.47 bits per heavy atom. The van der Waals surface area contributed by atoms with Crippen LogP contribution < -0.4 is 10.0 Å². The van der Waals surface area contributed by atoms with Gasteiger partial charge < -0.3 is 5.32 Å². The van der Waals surface area contributed by atoms with E-state index in [4.69, 9.17) is 5.26 Å². The van der Waals surface area contributed by atoms with Gasteiger partial charge in [-0.1, -0.05) is 6.92 Å². The lowest BCUT2D eigenvalue weighted by Gasteiger charge is -2.07. The van der Waals surface area contributed by atoms with E-state index in [-0.39, 0.29) is 5.75 Å². The molecule has 1 aromatic heterocycles. The summed E-state index contributed by atoms with van der Waals surface area (Å²) in [6.45, 7) is 2.42. The maximum absolute atomic E-state index is 11.3. The molecule has 0 fully saturated rings. The average molecular weight is 254 g/mol. The predicted molar refractivity (Wildman–Crippen MR) is 64.9 cm³/mol. The summed E-state index contributed by atoms with van der Waals surface area (Å²) in [6, 6.07) is 5.16. The van der Waals surface area contributed by atoms with Crippen molar-refractivity contribution in [3.05, 3.63) is 24.0 Å². The first-order valence-electron chi connectivity index (χ1n) is 5.15. The monoisotopic (exact) mass is 254 g/mol. The molecular formula is C10H14N4O2S. The van der Waals surface area contributed by atoms with E-state index in [1.54, 1.807) is 19.1 Å². The molecule has 0 aliphatic carbocycles. The Bertz CT molecular complexity index is 490. The third-order valence-corrected chi connectivity index (χ3v) is 3.41. The molecule has 1 rings (SSSR count). The van der Waals surface area contributed by atoms with Crippen LogP contribution in [0.25, 0.3) is 0 Å². The van der Waals surface area contributed by atoms with E-state index < -0.39 is 10.0 Å². The molecule has 1 aromatic rings. The number of rotatable bonds is 6. The van der Waals surface area contributed by atoms with Crippen molar-refractivity contribution in [2.45, 2.75) is 6.92 Å². The molecule has 1 heterocycles. The number of hydrogen-bond acceptors (Lipinski definition) is 5. The topological polar surface area (TPSA) is 94.9 Å². The van der Waals surface area contributed by atoms with E-state index in [1.807, 2.05) is 6.07 Å². The van der Waals surface area contributed by atoms with Gasteiger partial charge in [0.1, 0.15) is 11.8 Å². The molecular weight excluding hydrogens is 240 g/mol. The smallest absolute Gasteiger partial charge is 0.213 e. The lowest BCUT2D eigenvalue weighted by atomic mass is 10.3. The van der Waals surface area contributed by atoms with Crippen molar-refractivity contribution in [2.75, 3.05) is 24.2 Å². The van der Waals surface area contributed by atoms with Crippen molar-refractivity contribution in [2.24, 2.45) is 0 Å². The summed E-state index contributed by atoms with van der Waals surface area (Å²) < 4.78 is 25.0. The van der Waals surface area contributed by atoms with Gasteiger partial charge in [-0.3, -0.25) is 0 Å². The van der Waals surface area contributed by atoms with Gasteiger partial charge in [0.05, 0.1) is 17.6 Å². The second-order valence-electron chi connectivity index (χ2n) is 3.29. The van der Waals surface area contributed by atoms with Crippen LogP contribution >= 0.6 is 0 Å². The van der Waals surface area contributed by atoms with Crippen molar-refractivity contribution in [3.8, 4) is 6.07 Å². The molecule has 0 aromatic carbocycles. The van der Waals surface area contributed by atoms with E-state index in [2.05, 4.69) is 15.0 Å². The van der Waals surface area contributed by atoms with Crippen LogP contribution in [0.5, 0.6) is 0 Å². The fourth-order valence-electron chi connectivity index (χ4n) is 1.19. The van der Waals surface area contributed by atoms with Crippen LogP contribution in [0.4, 0.5) is 5.69 Å². The minimum absolute atomic E-state index is 0.000835. The van der Waals surface area contributed by atoms with Crippen LogP contribution in [0.3, 0.4) is 0 Å². The van der Waals surface area contributed by atoms with Crippen LogP contribution in [0.15, 0.2) is 18.3 Å². The Morgan fingerprint density at radius 2 is 2.24 bits per heavy atom. The summed E-state index contributed by atoms with van der Waals surface area (Å²) in [5, 5.41) is 11.5. The Balaban J connectivity index is 2.44. The summed E-state index contributed by atoms with van der Waals surface area (Å²) in [5.41, 5.74) is 1.02. The molecule has 0 saturated carbocycles. The Morgan fingerprint density at radius 3 is 2.76 bits per heavy atom. The number of anilines is 1. The number of nitrogens with zero attached hydrogens (tertiary/aromatic N) is 2. The van der Waals surface area contributed by atoms with E-state index in [0.717, 1.165) is 0 Å². The molecule has 92 valence electrons. The molecule has 0 atom stereocenters. The van der Waals surface area contributed by atoms with Gasteiger partial charge in [-0.2, -0.15) is 5.26 Å². The highest BCUT2D eigenvalue weighted by Gasteiger charge is 2.07. The second kappa shape index (κ2) is 6.18. The first-order valence-corrected chi connectivity index (χ1v) is 6.80.